The van der Waals surface area contributed by atoms with Crippen LogP contribution in [0, 0.1) is 11.3 Å². The second-order valence-electron chi connectivity index (χ2n) is 10.3. The average Bonchev–Trinajstić information content (AvgIpc) is 3.21. The van der Waals surface area contributed by atoms with E-state index in [4.69, 9.17) is 5.11 Å². The molecule has 0 aromatic rings. The SMILES string of the molecule is C=CCNC(=O)C(=O)C(CCCC)NC(=O)C1[C@@H](C)CCN1C(=O)C(NC(=O)NCC(=O)O)C(C)(C)C. The predicted molar refractivity (Wildman–Crippen MR) is 136 cm³/mol. The van der Waals surface area contributed by atoms with E-state index in [1.54, 1.807) is 20.8 Å². The topological polar surface area (TPSA) is 174 Å². The number of carbonyl (C=O) groups is 6. The number of amides is 5. The Labute approximate surface area is 218 Å². The van der Waals surface area contributed by atoms with Crippen molar-refractivity contribution in [3.8, 4) is 0 Å². The number of Topliss-reactive ketones (excluding diaryl/α,β-unsaturated/α-hetero) is 1. The van der Waals surface area contributed by atoms with E-state index in [9.17, 15) is 28.8 Å². The molecule has 0 aromatic heterocycles. The van der Waals surface area contributed by atoms with Crippen molar-refractivity contribution in [2.24, 2.45) is 11.3 Å². The van der Waals surface area contributed by atoms with Gasteiger partial charge in [-0.25, -0.2) is 4.79 Å². The van der Waals surface area contributed by atoms with Crippen molar-refractivity contribution in [3.63, 3.8) is 0 Å². The van der Waals surface area contributed by atoms with Crippen molar-refractivity contribution < 1.29 is 33.9 Å². The summed E-state index contributed by atoms with van der Waals surface area (Å²) in [5.74, 6) is -4.10. The molecule has 0 aromatic carbocycles. The van der Waals surface area contributed by atoms with Gasteiger partial charge in [-0.2, -0.15) is 0 Å². The summed E-state index contributed by atoms with van der Waals surface area (Å²) >= 11 is 0. The molecule has 12 nitrogen and oxygen atoms in total. The Balaban J connectivity index is 3.11. The van der Waals surface area contributed by atoms with Crippen molar-refractivity contribution in [2.45, 2.75) is 78.4 Å². The number of hydrogen-bond acceptors (Lipinski definition) is 6. The van der Waals surface area contributed by atoms with Gasteiger partial charge in [0.15, 0.2) is 0 Å². The maximum absolute atomic E-state index is 13.6. The molecule has 0 aliphatic carbocycles. The van der Waals surface area contributed by atoms with Gasteiger partial charge in [0, 0.05) is 13.1 Å². The van der Waals surface area contributed by atoms with E-state index in [-0.39, 0.29) is 25.4 Å². The van der Waals surface area contributed by atoms with Crippen LogP contribution in [0.5, 0.6) is 0 Å². The normalized spacial score (nSPS) is 18.8. The number of carboxylic acids is 1. The lowest BCUT2D eigenvalue weighted by Gasteiger charge is -2.36. The number of ketones is 1. The molecule has 3 unspecified atom stereocenters. The highest BCUT2D eigenvalue weighted by atomic mass is 16.4. The predicted octanol–water partition coefficient (Wildman–Crippen LogP) is 0.568. The molecule has 37 heavy (non-hydrogen) atoms. The van der Waals surface area contributed by atoms with E-state index in [1.165, 1.54) is 11.0 Å². The molecule has 208 valence electrons. The summed E-state index contributed by atoms with van der Waals surface area (Å²) in [5, 5.41) is 18.6. The Hall–Kier alpha value is -3.44. The molecule has 5 N–H and O–H groups in total. The summed E-state index contributed by atoms with van der Waals surface area (Å²) < 4.78 is 0. The lowest BCUT2D eigenvalue weighted by atomic mass is 9.85. The van der Waals surface area contributed by atoms with Crippen molar-refractivity contribution in [2.75, 3.05) is 19.6 Å². The van der Waals surface area contributed by atoms with Crippen LogP contribution >= 0.6 is 0 Å². The fourth-order valence-electron chi connectivity index (χ4n) is 4.09. The first-order chi connectivity index (χ1) is 17.2. The van der Waals surface area contributed by atoms with E-state index >= 15 is 0 Å². The van der Waals surface area contributed by atoms with Crippen LogP contribution in [0.1, 0.15) is 60.3 Å². The van der Waals surface area contributed by atoms with E-state index in [0.29, 0.717) is 12.8 Å². The van der Waals surface area contributed by atoms with Gasteiger partial charge in [-0.05, 0) is 24.2 Å². The van der Waals surface area contributed by atoms with Crippen LogP contribution in [0.15, 0.2) is 12.7 Å². The smallest absolute Gasteiger partial charge is 0.323 e. The molecular weight excluding hydrogens is 482 g/mol. The van der Waals surface area contributed by atoms with Gasteiger partial charge in [0.1, 0.15) is 18.6 Å². The molecule has 0 spiro atoms. The molecule has 1 aliphatic heterocycles. The zero-order chi connectivity index (χ0) is 28.3. The van der Waals surface area contributed by atoms with E-state index in [2.05, 4.69) is 27.8 Å². The molecule has 5 amide bonds. The first-order valence-corrected chi connectivity index (χ1v) is 12.5. The molecular formula is C25H41N5O7. The molecule has 12 heteroatoms. The highest BCUT2D eigenvalue weighted by molar-refractivity contribution is 6.38. The van der Waals surface area contributed by atoms with Crippen LogP contribution in [0.3, 0.4) is 0 Å². The van der Waals surface area contributed by atoms with Crippen molar-refractivity contribution in [1.29, 1.82) is 0 Å². The minimum absolute atomic E-state index is 0.113. The third-order valence-electron chi connectivity index (χ3n) is 6.15. The molecule has 0 bridgehead atoms. The number of hydrogen-bond donors (Lipinski definition) is 5. The number of likely N-dealkylation sites (tertiary alicyclic amines) is 1. The summed E-state index contributed by atoms with van der Waals surface area (Å²) in [4.78, 5) is 76.3. The van der Waals surface area contributed by atoms with Crippen molar-refractivity contribution >= 4 is 35.5 Å². The maximum atomic E-state index is 13.6. The summed E-state index contributed by atoms with van der Waals surface area (Å²) in [6, 6.07) is -3.82. The summed E-state index contributed by atoms with van der Waals surface area (Å²) in [7, 11) is 0. The zero-order valence-electron chi connectivity index (χ0n) is 22.4. The highest BCUT2D eigenvalue weighted by Gasteiger charge is 2.45. The van der Waals surface area contributed by atoms with Gasteiger partial charge in [0.25, 0.3) is 5.91 Å². The number of nitrogens with one attached hydrogen (secondary N) is 4. The number of unbranched alkanes of at least 4 members (excludes halogenated alkanes) is 1. The summed E-state index contributed by atoms with van der Waals surface area (Å²) in [5.41, 5.74) is -0.757. The van der Waals surface area contributed by atoms with Crippen LogP contribution < -0.4 is 21.3 Å². The fraction of sp³-hybridized carbons (Fsp3) is 0.680. The van der Waals surface area contributed by atoms with E-state index < -0.39 is 65.6 Å². The Morgan fingerprint density at radius 3 is 2.30 bits per heavy atom. The Bertz CT molecular complexity index is 883. The van der Waals surface area contributed by atoms with Gasteiger partial charge in [-0.3, -0.25) is 24.0 Å². The van der Waals surface area contributed by atoms with Crippen LogP contribution in [-0.4, -0.2) is 83.3 Å². The van der Waals surface area contributed by atoms with Crippen molar-refractivity contribution in [1.82, 2.24) is 26.2 Å². The lowest BCUT2D eigenvalue weighted by molar-refractivity contribution is -0.144. The number of carbonyl (C=O) groups excluding carboxylic acids is 5. The monoisotopic (exact) mass is 523 g/mol. The maximum Gasteiger partial charge on any atom is 0.323 e. The van der Waals surface area contributed by atoms with Crippen LogP contribution in [0.2, 0.25) is 0 Å². The number of nitrogens with zero attached hydrogens (tertiary/aromatic N) is 1. The van der Waals surface area contributed by atoms with Gasteiger partial charge in [-0.15, -0.1) is 6.58 Å². The summed E-state index contributed by atoms with van der Waals surface area (Å²) in [6.07, 6.45) is 3.60. The molecule has 1 aliphatic rings. The van der Waals surface area contributed by atoms with Crippen LogP contribution in [-0.2, 0) is 24.0 Å². The number of carboxylic acid groups (broad SMARTS) is 1. The van der Waals surface area contributed by atoms with Gasteiger partial charge in [-0.1, -0.05) is 53.5 Å². The van der Waals surface area contributed by atoms with Gasteiger partial charge < -0.3 is 31.3 Å². The Morgan fingerprint density at radius 2 is 1.76 bits per heavy atom. The molecule has 1 rings (SSSR count). The number of aliphatic carboxylic acids is 1. The lowest BCUT2D eigenvalue weighted by Crippen LogP contribution is -2.60. The largest absolute Gasteiger partial charge is 0.480 e. The van der Waals surface area contributed by atoms with Crippen molar-refractivity contribution in [3.05, 3.63) is 12.7 Å². The standard InChI is InChI=1S/C25H41N5O7/c1-7-9-10-16(19(33)22(35)26-12-8-2)28-21(34)18-15(3)11-13-30(18)23(36)20(25(4,5)6)29-24(37)27-14-17(31)32/h8,15-16,18,20H,2,7,9-14H2,1,3-6H3,(H,26,35)(H,28,34)(H,31,32)(H2,27,29,37)/t15-,16?,18?,20?/m0/s1. The van der Waals surface area contributed by atoms with E-state index in [1.807, 2.05) is 13.8 Å². The first kappa shape index (κ1) is 31.6. The molecule has 1 saturated heterocycles. The van der Waals surface area contributed by atoms with Gasteiger partial charge in [0.2, 0.25) is 17.6 Å². The molecule has 1 heterocycles. The second kappa shape index (κ2) is 14.3. The van der Waals surface area contributed by atoms with Crippen LogP contribution in [0.25, 0.3) is 0 Å². The van der Waals surface area contributed by atoms with E-state index in [0.717, 1.165) is 6.42 Å². The van der Waals surface area contributed by atoms with Gasteiger partial charge in [0.05, 0.1) is 6.04 Å². The zero-order valence-corrected chi connectivity index (χ0v) is 22.4. The summed E-state index contributed by atoms with van der Waals surface area (Å²) in [6.45, 7) is 12.2. The number of urea groups is 1. The quantitative estimate of drug-likeness (QED) is 0.173. The number of rotatable bonds is 13. The Kier molecular flexibility index (Phi) is 12.2. The molecule has 0 saturated carbocycles. The third-order valence-corrected chi connectivity index (χ3v) is 6.15. The first-order valence-electron chi connectivity index (χ1n) is 12.5. The Morgan fingerprint density at radius 1 is 1.11 bits per heavy atom. The molecule has 0 radical (unpaired) electrons. The average molecular weight is 524 g/mol. The molecule has 4 atom stereocenters. The van der Waals surface area contributed by atoms with Gasteiger partial charge >= 0.3 is 12.0 Å². The highest BCUT2D eigenvalue weighted by Crippen LogP contribution is 2.29. The minimum atomic E-state index is -1.23. The fourth-order valence-corrected chi connectivity index (χ4v) is 4.09. The minimum Gasteiger partial charge on any atom is -0.480 e. The second-order valence-corrected chi connectivity index (χ2v) is 10.3. The third kappa shape index (κ3) is 9.51. The van der Waals surface area contributed by atoms with Crippen LogP contribution in [0.4, 0.5) is 4.79 Å². The molecule has 1 fully saturated rings.